The number of nitrogens with zero attached hydrogens (tertiary/aromatic N) is 4. The lowest BCUT2D eigenvalue weighted by Gasteiger charge is -2.06. The Bertz CT molecular complexity index is 1080. The molecule has 5 heteroatoms. The van der Waals surface area contributed by atoms with Crippen LogP contribution in [-0.4, -0.2) is 19.5 Å². The molecule has 0 saturated heterocycles. The van der Waals surface area contributed by atoms with Crippen LogP contribution >= 0.6 is 11.6 Å². The fourth-order valence-electron chi connectivity index (χ4n) is 3.34. The third-order valence-electron chi connectivity index (χ3n) is 4.89. The molecule has 0 spiro atoms. The largest absolute Gasteiger partial charge is 0.327 e. The summed E-state index contributed by atoms with van der Waals surface area (Å²) in [5.41, 5.74) is 4.22. The molecule has 0 unspecified atom stereocenters. The van der Waals surface area contributed by atoms with Crippen LogP contribution in [0.2, 0.25) is 5.02 Å². The zero-order valence-corrected chi connectivity index (χ0v) is 14.9. The predicted molar refractivity (Wildman–Crippen MR) is 103 cm³/mol. The van der Waals surface area contributed by atoms with Gasteiger partial charge in [-0.3, -0.25) is 0 Å². The van der Waals surface area contributed by atoms with Crippen LogP contribution in [-0.2, 0) is 6.54 Å². The van der Waals surface area contributed by atoms with E-state index < -0.39 is 0 Å². The van der Waals surface area contributed by atoms with Gasteiger partial charge in [-0.1, -0.05) is 29.8 Å². The van der Waals surface area contributed by atoms with Gasteiger partial charge in [0.2, 0.25) is 0 Å². The highest BCUT2D eigenvalue weighted by Gasteiger charge is 2.24. The maximum absolute atomic E-state index is 6.34. The number of fused-ring (bicyclic) bond motifs is 1. The Morgan fingerprint density at radius 1 is 1.00 bits per heavy atom. The first-order valence-electron chi connectivity index (χ1n) is 8.79. The standard InChI is InChI=1S/C21H17ClN4/c22-19-6-2-1-4-15(19)12-26-13-18(17-5-3-9-23-21(17)26)20-24-10-16(11-25-20)14-7-8-14/h1-6,9-11,13-14H,7-8,12H2. The first-order valence-corrected chi connectivity index (χ1v) is 9.17. The smallest absolute Gasteiger partial charge is 0.161 e. The Labute approximate surface area is 156 Å². The summed E-state index contributed by atoms with van der Waals surface area (Å²) in [5, 5.41) is 1.82. The van der Waals surface area contributed by atoms with E-state index in [0.29, 0.717) is 12.5 Å². The Kier molecular flexibility index (Phi) is 3.71. The molecule has 128 valence electrons. The summed E-state index contributed by atoms with van der Waals surface area (Å²) < 4.78 is 2.12. The predicted octanol–water partition coefficient (Wildman–Crippen LogP) is 5.07. The van der Waals surface area contributed by atoms with Crippen molar-refractivity contribution in [1.82, 2.24) is 19.5 Å². The lowest BCUT2D eigenvalue weighted by Crippen LogP contribution is -1.99. The van der Waals surface area contributed by atoms with E-state index in [1.165, 1.54) is 18.4 Å². The minimum absolute atomic E-state index is 0.660. The van der Waals surface area contributed by atoms with Gasteiger partial charge in [0.15, 0.2) is 5.82 Å². The molecule has 1 saturated carbocycles. The number of aromatic nitrogens is 4. The summed E-state index contributed by atoms with van der Waals surface area (Å²) in [6, 6.07) is 11.9. The minimum Gasteiger partial charge on any atom is -0.327 e. The van der Waals surface area contributed by atoms with Crippen LogP contribution < -0.4 is 0 Å². The molecule has 1 aliphatic carbocycles. The topological polar surface area (TPSA) is 43.6 Å². The van der Waals surface area contributed by atoms with Crippen LogP contribution in [0, 0.1) is 0 Å². The summed E-state index contributed by atoms with van der Waals surface area (Å²) in [6.07, 6.45) is 10.3. The maximum atomic E-state index is 6.34. The van der Waals surface area contributed by atoms with Crippen LogP contribution in [0.3, 0.4) is 0 Å². The Morgan fingerprint density at radius 3 is 2.58 bits per heavy atom. The van der Waals surface area contributed by atoms with Crippen LogP contribution in [0.4, 0.5) is 0 Å². The number of halogens is 1. The minimum atomic E-state index is 0.660. The molecule has 4 aromatic rings. The van der Waals surface area contributed by atoms with E-state index in [1.54, 1.807) is 0 Å². The summed E-state index contributed by atoms with van der Waals surface area (Å²) in [5.74, 6) is 1.40. The number of hydrogen-bond donors (Lipinski definition) is 0. The third-order valence-corrected chi connectivity index (χ3v) is 5.26. The van der Waals surface area contributed by atoms with Gasteiger partial charge in [-0.15, -0.1) is 0 Å². The van der Waals surface area contributed by atoms with Crippen LogP contribution in [0.1, 0.15) is 29.9 Å². The van der Waals surface area contributed by atoms with Crippen molar-refractivity contribution in [3.05, 3.63) is 77.3 Å². The van der Waals surface area contributed by atoms with E-state index in [-0.39, 0.29) is 0 Å². The zero-order chi connectivity index (χ0) is 17.5. The molecule has 0 atom stereocenters. The third kappa shape index (κ3) is 2.76. The van der Waals surface area contributed by atoms with Gasteiger partial charge >= 0.3 is 0 Å². The van der Waals surface area contributed by atoms with Gasteiger partial charge in [0.1, 0.15) is 5.65 Å². The van der Waals surface area contributed by atoms with Gasteiger partial charge < -0.3 is 4.57 Å². The highest BCUT2D eigenvalue weighted by molar-refractivity contribution is 6.31. The van der Waals surface area contributed by atoms with Crippen molar-refractivity contribution < 1.29 is 0 Å². The van der Waals surface area contributed by atoms with E-state index in [9.17, 15) is 0 Å². The van der Waals surface area contributed by atoms with Crippen molar-refractivity contribution in [3.63, 3.8) is 0 Å². The Hall–Kier alpha value is -2.72. The summed E-state index contributed by atoms with van der Waals surface area (Å²) in [4.78, 5) is 13.8. The molecule has 0 radical (unpaired) electrons. The monoisotopic (exact) mass is 360 g/mol. The molecule has 5 rings (SSSR count). The average molecular weight is 361 g/mol. The summed E-state index contributed by atoms with van der Waals surface area (Å²) in [7, 11) is 0. The first kappa shape index (κ1) is 15.5. The van der Waals surface area contributed by atoms with Gasteiger partial charge in [-0.25, -0.2) is 15.0 Å². The molecule has 1 aliphatic rings. The van der Waals surface area contributed by atoms with Crippen molar-refractivity contribution in [1.29, 1.82) is 0 Å². The van der Waals surface area contributed by atoms with E-state index in [2.05, 4.69) is 31.8 Å². The molecule has 0 amide bonds. The second-order valence-electron chi connectivity index (χ2n) is 6.75. The van der Waals surface area contributed by atoms with E-state index in [1.807, 2.05) is 48.9 Å². The van der Waals surface area contributed by atoms with Gasteiger partial charge in [0, 0.05) is 40.8 Å². The zero-order valence-electron chi connectivity index (χ0n) is 14.1. The normalized spacial score (nSPS) is 14.0. The summed E-state index contributed by atoms with van der Waals surface area (Å²) >= 11 is 6.34. The maximum Gasteiger partial charge on any atom is 0.161 e. The Morgan fingerprint density at radius 2 is 1.81 bits per heavy atom. The lowest BCUT2D eigenvalue weighted by atomic mass is 10.2. The molecule has 0 N–H and O–H groups in total. The molecule has 1 fully saturated rings. The van der Waals surface area contributed by atoms with Crippen molar-refractivity contribution in [2.45, 2.75) is 25.3 Å². The van der Waals surface area contributed by atoms with Crippen molar-refractivity contribution in [3.8, 4) is 11.4 Å². The molecular weight excluding hydrogens is 344 g/mol. The summed E-state index contributed by atoms with van der Waals surface area (Å²) in [6.45, 7) is 0.660. The van der Waals surface area contributed by atoms with Gasteiger partial charge in [-0.2, -0.15) is 0 Å². The van der Waals surface area contributed by atoms with E-state index in [4.69, 9.17) is 11.6 Å². The molecule has 0 aliphatic heterocycles. The molecule has 3 aromatic heterocycles. The first-order chi connectivity index (χ1) is 12.8. The molecule has 0 bridgehead atoms. The molecule has 26 heavy (non-hydrogen) atoms. The van der Waals surface area contributed by atoms with Crippen LogP contribution in [0.25, 0.3) is 22.4 Å². The number of benzene rings is 1. The number of hydrogen-bond acceptors (Lipinski definition) is 3. The highest BCUT2D eigenvalue weighted by Crippen LogP contribution is 2.39. The quantitative estimate of drug-likeness (QED) is 0.510. The van der Waals surface area contributed by atoms with Crippen LogP contribution in [0.5, 0.6) is 0 Å². The van der Waals surface area contributed by atoms with Crippen molar-refractivity contribution in [2.75, 3.05) is 0 Å². The molecule has 1 aromatic carbocycles. The second-order valence-corrected chi connectivity index (χ2v) is 7.16. The number of rotatable bonds is 4. The fraction of sp³-hybridized carbons (Fsp3) is 0.190. The van der Waals surface area contributed by atoms with E-state index >= 15 is 0 Å². The average Bonchev–Trinajstić information content (AvgIpc) is 3.47. The Balaban J connectivity index is 1.59. The van der Waals surface area contributed by atoms with Crippen molar-refractivity contribution in [2.24, 2.45) is 0 Å². The van der Waals surface area contributed by atoms with Gasteiger partial charge in [0.25, 0.3) is 0 Å². The van der Waals surface area contributed by atoms with Gasteiger partial charge in [0.05, 0.1) is 6.54 Å². The molecule has 3 heterocycles. The highest BCUT2D eigenvalue weighted by atomic mass is 35.5. The van der Waals surface area contributed by atoms with Crippen molar-refractivity contribution >= 4 is 22.6 Å². The molecular formula is C21H17ClN4. The van der Waals surface area contributed by atoms with E-state index in [0.717, 1.165) is 33.0 Å². The lowest BCUT2D eigenvalue weighted by molar-refractivity contribution is 0.825. The number of pyridine rings is 1. The molecule has 4 nitrogen and oxygen atoms in total. The SMILES string of the molecule is Clc1ccccc1Cn1cc(-c2ncc(C3CC3)cn2)c2cccnc21. The fourth-order valence-corrected chi connectivity index (χ4v) is 3.53. The van der Waals surface area contributed by atoms with Gasteiger partial charge in [-0.05, 0) is 48.1 Å². The second kappa shape index (κ2) is 6.22. The van der Waals surface area contributed by atoms with Crippen LogP contribution in [0.15, 0.2) is 61.2 Å².